The topological polar surface area (TPSA) is 47.3 Å². The normalized spacial score (nSPS) is 13.5. The molecule has 0 rings (SSSR count). The van der Waals surface area contributed by atoms with Crippen molar-refractivity contribution in [3.8, 4) is 12.3 Å². The van der Waals surface area contributed by atoms with E-state index in [1.165, 1.54) is 0 Å². The monoisotopic (exact) mass is 224 g/mol. The summed E-state index contributed by atoms with van der Waals surface area (Å²) in [5, 5.41) is 0. The Morgan fingerprint density at radius 3 is 2.53 bits per heavy atom. The minimum Gasteiger partial charge on any atom is -0.372 e. The van der Waals surface area contributed by atoms with Gasteiger partial charge in [-0.1, -0.05) is 0 Å². The van der Waals surface area contributed by atoms with Crippen molar-refractivity contribution >= 4 is 0 Å². The number of hydrogen-bond acceptors (Lipinski definition) is 3. The number of alkyl halides is 3. The first-order valence-corrected chi connectivity index (χ1v) is 4.53. The van der Waals surface area contributed by atoms with Gasteiger partial charge in [0.05, 0.1) is 0 Å². The summed E-state index contributed by atoms with van der Waals surface area (Å²) >= 11 is 0. The number of rotatable bonds is 7. The highest BCUT2D eigenvalue weighted by Crippen LogP contribution is 2.14. The van der Waals surface area contributed by atoms with Gasteiger partial charge in [-0.05, 0) is 12.8 Å². The highest BCUT2D eigenvalue weighted by atomic mass is 19.4. The fourth-order valence-electron chi connectivity index (χ4n) is 0.982. The quantitative estimate of drug-likeness (QED) is 0.295. The van der Waals surface area contributed by atoms with Gasteiger partial charge in [-0.2, -0.15) is 13.2 Å². The number of nitrogens with two attached hydrogens (primary N) is 1. The van der Waals surface area contributed by atoms with Crippen molar-refractivity contribution < 1.29 is 17.9 Å². The van der Waals surface area contributed by atoms with E-state index < -0.39 is 12.8 Å². The zero-order chi connectivity index (χ0) is 11.7. The van der Waals surface area contributed by atoms with E-state index in [2.05, 4.69) is 16.1 Å². The van der Waals surface area contributed by atoms with E-state index in [1.807, 2.05) is 0 Å². The summed E-state index contributed by atoms with van der Waals surface area (Å²) in [6.07, 6.45) is 2.35. The van der Waals surface area contributed by atoms with Gasteiger partial charge in [-0.25, -0.2) is 0 Å². The van der Waals surface area contributed by atoms with Gasteiger partial charge in [0, 0.05) is 19.1 Å². The molecule has 0 radical (unpaired) electrons. The van der Waals surface area contributed by atoms with Crippen molar-refractivity contribution in [2.75, 3.05) is 13.2 Å². The maximum Gasteiger partial charge on any atom is 0.411 e. The molecule has 0 aromatic rings. The third-order valence-corrected chi connectivity index (χ3v) is 1.75. The van der Waals surface area contributed by atoms with Gasteiger partial charge >= 0.3 is 6.18 Å². The zero-order valence-corrected chi connectivity index (χ0v) is 8.31. The van der Waals surface area contributed by atoms with E-state index in [0.717, 1.165) is 0 Å². The second kappa shape index (κ2) is 7.51. The van der Waals surface area contributed by atoms with Gasteiger partial charge in [0.15, 0.2) is 0 Å². The van der Waals surface area contributed by atoms with Crippen LogP contribution in [0.25, 0.3) is 0 Å². The maximum atomic E-state index is 11.7. The molecule has 0 aromatic carbocycles. The average Bonchev–Trinajstić information content (AvgIpc) is 2.15. The largest absolute Gasteiger partial charge is 0.411 e. The summed E-state index contributed by atoms with van der Waals surface area (Å²) in [5.41, 5.74) is 2.48. The van der Waals surface area contributed by atoms with Crippen LogP contribution in [0.2, 0.25) is 0 Å². The smallest absolute Gasteiger partial charge is 0.372 e. The first-order chi connectivity index (χ1) is 6.99. The molecule has 6 heteroatoms. The van der Waals surface area contributed by atoms with Gasteiger partial charge in [-0.3, -0.25) is 11.3 Å². The summed E-state index contributed by atoms with van der Waals surface area (Å²) in [7, 11) is 0. The lowest BCUT2D eigenvalue weighted by Gasteiger charge is -2.14. The van der Waals surface area contributed by atoms with Crippen LogP contribution in [0.15, 0.2) is 0 Å². The second-order valence-electron chi connectivity index (χ2n) is 3.06. The Morgan fingerprint density at radius 2 is 2.07 bits per heavy atom. The number of nitrogens with one attached hydrogen (secondary N) is 1. The highest BCUT2D eigenvalue weighted by Gasteiger charge is 2.27. The molecule has 0 aliphatic carbocycles. The lowest BCUT2D eigenvalue weighted by molar-refractivity contribution is -0.174. The molecular formula is C9H15F3N2O. The van der Waals surface area contributed by atoms with Crippen LogP contribution in [-0.2, 0) is 4.74 Å². The fraction of sp³-hybridized carbons (Fsp3) is 0.778. The summed E-state index contributed by atoms with van der Waals surface area (Å²) in [6.45, 7) is -1.21. The van der Waals surface area contributed by atoms with E-state index in [9.17, 15) is 13.2 Å². The van der Waals surface area contributed by atoms with E-state index in [1.54, 1.807) is 0 Å². The molecule has 0 saturated carbocycles. The predicted molar refractivity (Wildman–Crippen MR) is 50.7 cm³/mol. The average molecular weight is 224 g/mol. The second-order valence-corrected chi connectivity index (χ2v) is 3.06. The lowest BCUT2D eigenvalue weighted by Crippen LogP contribution is -2.36. The standard InChI is InChI=1S/C9H15F3N2O/c1-2-3-4-8(14-13)5-6-15-7-9(10,11)12/h1,8,14H,3-7,13H2. The lowest BCUT2D eigenvalue weighted by atomic mass is 10.1. The van der Waals surface area contributed by atoms with Crippen molar-refractivity contribution in [3.63, 3.8) is 0 Å². The van der Waals surface area contributed by atoms with Crippen LogP contribution in [0.3, 0.4) is 0 Å². The SMILES string of the molecule is C#CCCC(CCOCC(F)(F)F)NN. The molecule has 0 saturated heterocycles. The van der Waals surface area contributed by atoms with E-state index in [-0.39, 0.29) is 12.6 Å². The predicted octanol–water partition coefficient (Wildman–Crippen LogP) is 1.20. The van der Waals surface area contributed by atoms with E-state index in [4.69, 9.17) is 12.3 Å². The van der Waals surface area contributed by atoms with E-state index in [0.29, 0.717) is 19.3 Å². The Labute approximate surface area is 87.1 Å². The molecule has 0 bridgehead atoms. The molecule has 88 valence electrons. The number of halogens is 3. The molecule has 0 aliphatic rings. The first-order valence-electron chi connectivity index (χ1n) is 4.53. The van der Waals surface area contributed by atoms with Gasteiger partial charge in [0.1, 0.15) is 6.61 Å². The third-order valence-electron chi connectivity index (χ3n) is 1.75. The van der Waals surface area contributed by atoms with Crippen molar-refractivity contribution in [1.82, 2.24) is 5.43 Å². The van der Waals surface area contributed by atoms with E-state index >= 15 is 0 Å². The fourth-order valence-corrected chi connectivity index (χ4v) is 0.982. The Balaban J connectivity index is 3.51. The Bertz CT molecular complexity index is 201. The van der Waals surface area contributed by atoms with Gasteiger partial charge in [-0.15, -0.1) is 12.3 Å². The molecule has 0 amide bonds. The van der Waals surface area contributed by atoms with Crippen LogP contribution >= 0.6 is 0 Å². The molecule has 1 atom stereocenters. The number of terminal acetylenes is 1. The van der Waals surface area contributed by atoms with Crippen LogP contribution in [0.5, 0.6) is 0 Å². The molecule has 1 unspecified atom stereocenters. The Morgan fingerprint density at radius 1 is 1.40 bits per heavy atom. The molecule has 0 fully saturated rings. The number of hydrazine groups is 1. The van der Waals surface area contributed by atoms with Gasteiger partial charge in [0.25, 0.3) is 0 Å². The first kappa shape index (κ1) is 14.2. The maximum absolute atomic E-state index is 11.7. The summed E-state index contributed by atoms with van der Waals surface area (Å²) in [5.74, 6) is 7.62. The molecule has 3 nitrogen and oxygen atoms in total. The van der Waals surface area contributed by atoms with Crippen LogP contribution in [0.4, 0.5) is 13.2 Å². The van der Waals surface area contributed by atoms with Crippen LogP contribution < -0.4 is 11.3 Å². The zero-order valence-electron chi connectivity index (χ0n) is 8.31. The Hall–Kier alpha value is -0.770. The summed E-state index contributed by atoms with van der Waals surface area (Å²) in [6, 6.07) is -0.103. The van der Waals surface area contributed by atoms with Gasteiger partial charge in [0.2, 0.25) is 0 Å². The highest BCUT2D eigenvalue weighted by molar-refractivity contribution is 4.85. The Kier molecular flexibility index (Phi) is 7.13. The molecule has 15 heavy (non-hydrogen) atoms. The van der Waals surface area contributed by atoms with Crippen molar-refractivity contribution in [3.05, 3.63) is 0 Å². The van der Waals surface area contributed by atoms with Crippen LogP contribution in [0.1, 0.15) is 19.3 Å². The third kappa shape index (κ3) is 9.53. The molecule has 3 N–H and O–H groups in total. The minimum atomic E-state index is -4.27. The summed E-state index contributed by atoms with van der Waals surface area (Å²) in [4.78, 5) is 0. The number of ether oxygens (including phenoxy) is 1. The van der Waals surface area contributed by atoms with Gasteiger partial charge < -0.3 is 4.74 Å². The van der Waals surface area contributed by atoms with Crippen molar-refractivity contribution in [2.45, 2.75) is 31.5 Å². The van der Waals surface area contributed by atoms with Crippen LogP contribution in [0, 0.1) is 12.3 Å². The van der Waals surface area contributed by atoms with Crippen LogP contribution in [-0.4, -0.2) is 25.4 Å². The summed E-state index contributed by atoms with van der Waals surface area (Å²) < 4.78 is 39.5. The van der Waals surface area contributed by atoms with Crippen molar-refractivity contribution in [1.29, 1.82) is 0 Å². The minimum absolute atomic E-state index is 0.0128. The van der Waals surface area contributed by atoms with Crippen molar-refractivity contribution in [2.24, 2.45) is 5.84 Å². The molecular weight excluding hydrogens is 209 g/mol. The molecule has 0 spiro atoms. The number of hydrogen-bond donors (Lipinski definition) is 2. The molecule has 0 heterocycles. The molecule has 0 aromatic heterocycles. The molecule has 0 aliphatic heterocycles.